The van der Waals surface area contributed by atoms with Gasteiger partial charge >= 0.3 is 0 Å². The van der Waals surface area contributed by atoms with Gasteiger partial charge in [-0.1, -0.05) is 36.8 Å². The molecule has 0 unspecified atom stereocenters. The normalized spacial score (nSPS) is 11.7. The second-order valence-electron chi connectivity index (χ2n) is 6.70. The molecule has 6 heteroatoms. The van der Waals surface area contributed by atoms with Crippen LogP contribution in [0.5, 0.6) is 0 Å². The molecule has 5 nitrogen and oxygen atoms in total. The fourth-order valence-corrected chi connectivity index (χ4v) is 3.61. The lowest BCUT2D eigenvalue weighted by atomic mass is 10.1. The summed E-state index contributed by atoms with van der Waals surface area (Å²) >= 11 is 0. The van der Waals surface area contributed by atoms with Crippen molar-refractivity contribution in [3.05, 3.63) is 48.4 Å². The largest absolute Gasteiger partial charge is 0.299 e. The maximum atomic E-state index is 12.0. The summed E-state index contributed by atoms with van der Waals surface area (Å²) in [6, 6.07) is 9.77. The molecule has 0 saturated heterocycles. The maximum Gasteiger partial charge on any atom is 0.152 e. The minimum absolute atomic E-state index is 0.110. The molecular weight excluding hydrogens is 348 g/mol. The van der Waals surface area contributed by atoms with E-state index in [1.807, 2.05) is 30.3 Å². The molecule has 1 aromatic heterocycles. The Hall–Kier alpha value is -2.08. The van der Waals surface area contributed by atoms with Gasteiger partial charge in [0.25, 0.3) is 0 Å². The smallest absolute Gasteiger partial charge is 0.152 e. The Morgan fingerprint density at radius 3 is 2.35 bits per heavy atom. The molecule has 0 bridgehead atoms. The third-order valence-corrected chi connectivity index (χ3v) is 6.55. The molecule has 140 valence electrons. The highest BCUT2D eigenvalue weighted by Crippen LogP contribution is 2.15. The molecule has 2 rings (SSSR count). The van der Waals surface area contributed by atoms with Gasteiger partial charge in [-0.15, -0.1) is 0 Å². The average molecular weight is 375 g/mol. The molecule has 0 saturated carbocycles. The molecular formula is C20H26N2O3S. The van der Waals surface area contributed by atoms with Crippen LogP contribution in [-0.2, 0) is 21.1 Å². The van der Waals surface area contributed by atoms with Crippen LogP contribution in [0.25, 0.3) is 11.3 Å². The van der Waals surface area contributed by atoms with Gasteiger partial charge in [-0.05, 0) is 26.7 Å². The number of unbranched alkanes of at least 4 members (excludes halogenated alkanes) is 2. The first-order valence-electron chi connectivity index (χ1n) is 8.98. The SMILES string of the molecule is CC(C)S(=O)(=O)CCCCCC(=O)Cc1cnc(-c2ccccc2)cn1. The van der Waals surface area contributed by atoms with Crippen molar-refractivity contribution in [3.63, 3.8) is 0 Å². The van der Waals surface area contributed by atoms with Gasteiger partial charge in [0, 0.05) is 18.2 Å². The second kappa shape index (κ2) is 9.57. The standard InChI is InChI=1S/C20H26N2O3S/c1-16(2)26(24,25)12-8-4-7-11-19(23)13-18-14-22-20(15-21-18)17-9-5-3-6-10-17/h3,5-6,9-10,14-16H,4,7-8,11-13H2,1-2H3. The first-order chi connectivity index (χ1) is 12.4. The van der Waals surface area contributed by atoms with Crippen LogP contribution < -0.4 is 0 Å². The predicted octanol–water partition coefficient (Wildman–Crippen LogP) is 3.64. The number of carbonyl (C=O) groups excluding carboxylic acids is 1. The summed E-state index contributed by atoms with van der Waals surface area (Å²) in [7, 11) is -2.98. The number of nitrogens with zero attached hydrogens (tertiary/aromatic N) is 2. The zero-order valence-electron chi connectivity index (χ0n) is 15.4. The van der Waals surface area contributed by atoms with Crippen molar-refractivity contribution in [1.82, 2.24) is 9.97 Å². The van der Waals surface area contributed by atoms with Gasteiger partial charge in [-0.3, -0.25) is 14.8 Å². The molecule has 0 fully saturated rings. The highest BCUT2D eigenvalue weighted by Gasteiger charge is 2.15. The summed E-state index contributed by atoms with van der Waals surface area (Å²) in [6.45, 7) is 3.39. The first-order valence-corrected chi connectivity index (χ1v) is 10.7. The topological polar surface area (TPSA) is 77.0 Å². The molecule has 1 aromatic carbocycles. The van der Waals surface area contributed by atoms with Gasteiger partial charge < -0.3 is 0 Å². The fourth-order valence-electron chi connectivity index (χ4n) is 2.53. The van der Waals surface area contributed by atoms with E-state index in [0.717, 1.165) is 17.7 Å². The van der Waals surface area contributed by atoms with Crippen molar-refractivity contribution in [2.45, 2.75) is 51.2 Å². The van der Waals surface area contributed by atoms with Crippen LogP contribution >= 0.6 is 0 Å². The Kier molecular flexibility index (Phi) is 7.45. The highest BCUT2D eigenvalue weighted by molar-refractivity contribution is 7.91. The molecule has 0 atom stereocenters. The molecule has 0 amide bonds. The monoisotopic (exact) mass is 374 g/mol. The van der Waals surface area contributed by atoms with Gasteiger partial charge in [0.15, 0.2) is 9.84 Å². The van der Waals surface area contributed by atoms with Gasteiger partial charge in [0.2, 0.25) is 0 Å². The molecule has 0 aliphatic heterocycles. The van der Waals surface area contributed by atoms with Gasteiger partial charge in [-0.2, -0.15) is 0 Å². The number of hydrogen-bond donors (Lipinski definition) is 0. The van der Waals surface area contributed by atoms with Crippen molar-refractivity contribution in [1.29, 1.82) is 0 Å². The van der Waals surface area contributed by atoms with Gasteiger partial charge in [0.05, 0.1) is 35.0 Å². The van der Waals surface area contributed by atoms with Crippen molar-refractivity contribution in [2.24, 2.45) is 0 Å². The number of hydrogen-bond acceptors (Lipinski definition) is 5. The number of rotatable bonds is 10. The lowest BCUT2D eigenvalue weighted by Gasteiger charge is -2.07. The van der Waals surface area contributed by atoms with Crippen LogP contribution in [0.1, 0.15) is 45.2 Å². The summed E-state index contributed by atoms with van der Waals surface area (Å²) < 4.78 is 23.4. The Balaban J connectivity index is 1.73. The van der Waals surface area contributed by atoms with Crippen LogP contribution in [0.2, 0.25) is 0 Å². The number of aromatic nitrogens is 2. The summed E-state index contributed by atoms with van der Waals surface area (Å²) in [5.74, 6) is 0.309. The van der Waals surface area contributed by atoms with E-state index < -0.39 is 9.84 Å². The summed E-state index contributed by atoms with van der Waals surface area (Å²) in [5.41, 5.74) is 2.44. The van der Waals surface area contributed by atoms with Crippen LogP contribution in [0, 0.1) is 0 Å². The van der Waals surface area contributed by atoms with E-state index in [0.29, 0.717) is 25.0 Å². The fraction of sp³-hybridized carbons (Fsp3) is 0.450. The summed E-state index contributed by atoms with van der Waals surface area (Å²) in [5, 5.41) is -0.332. The lowest BCUT2D eigenvalue weighted by Crippen LogP contribution is -2.17. The molecule has 2 aromatic rings. The Labute approximate surface area is 155 Å². The Bertz CT molecular complexity index is 801. The zero-order chi connectivity index (χ0) is 19.0. The third kappa shape index (κ3) is 6.33. The average Bonchev–Trinajstić information content (AvgIpc) is 2.62. The molecule has 26 heavy (non-hydrogen) atoms. The predicted molar refractivity (Wildman–Crippen MR) is 104 cm³/mol. The van der Waals surface area contributed by atoms with E-state index in [-0.39, 0.29) is 23.2 Å². The first kappa shape index (κ1) is 20.2. The molecule has 0 aliphatic carbocycles. The van der Waals surface area contributed by atoms with Crippen molar-refractivity contribution in [2.75, 3.05) is 5.75 Å². The molecule has 1 heterocycles. The number of ketones is 1. The van der Waals surface area contributed by atoms with Crippen LogP contribution in [0.15, 0.2) is 42.7 Å². The van der Waals surface area contributed by atoms with Gasteiger partial charge in [0.1, 0.15) is 5.78 Å². The lowest BCUT2D eigenvalue weighted by molar-refractivity contribution is -0.118. The van der Waals surface area contributed by atoms with Crippen LogP contribution in [-0.4, -0.2) is 35.2 Å². The zero-order valence-corrected chi connectivity index (χ0v) is 16.2. The minimum atomic E-state index is -2.98. The van der Waals surface area contributed by atoms with Crippen molar-refractivity contribution < 1.29 is 13.2 Å². The number of benzene rings is 1. The van der Waals surface area contributed by atoms with Crippen molar-refractivity contribution >= 4 is 15.6 Å². The maximum absolute atomic E-state index is 12.0. The molecule has 0 radical (unpaired) electrons. The third-order valence-electron chi connectivity index (χ3n) is 4.26. The number of carbonyl (C=O) groups is 1. The number of Topliss-reactive ketones (excluding diaryl/α,β-unsaturated/α-hetero) is 1. The van der Waals surface area contributed by atoms with E-state index in [1.165, 1.54) is 0 Å². The van der Waals surface area contributed by atoms with E-state index in [1.54, 1.807) is 26.2 Å². The van der Waals surface area contributed by atoms with Crippen LogP contribution in [0.3, 0.4) is 0 Å². The summed E-state index contributed by atoms with van der Waals surface area (Å²) in [4.78, 5) is 20.8. The van der Waals surface area contributed by atoms with E-state index >= 15 is 0 Å². The quantitative estimate of drug-likeness (QED) is 0.593. The highest BCUT2D eigenvalue weighted by atomic mass is 32.2. The Morgan fingerprint density at radius 2 is 1.73 bits per heavy atom. The minimum Gasteiger partial charge on any atom is -0.299 e. The van der Waals surface area contributed by atoms with Gasteiger partial charge in [-0.25, -0.2) is 8.42 Å². The number of sulfone groups is 1. The van der Waals surface area contributed by atoms with Crippen molar-refractivity contribution in [3.8, 4) is 11.3 Å². The second-order valence-corrected chi connectivity index (χ2v) is 9.38. The molecule has 0 spiro atoms. The van der Waals surface area contributed by atoms with E-state index in [9.17, 15) is 13.2 Å². The van der Waals surface area contributed by atoms with E-state index in [4.69, 9.17) is 0 Å². The molecule has 0 aliphatic rings. The summed E-state index contributed by atoms with van der Waals surface area (Å²) in [6.07, 6.45) is 6.12. The molecule has 0 N–H and O–H groups in total. The van der Waals surface area contributed by atoms with E-state index in [2.05, 4.69) is 9.97 Å². The Morgan fingerprint density at radius 1 is 1.00 bits per heavy atom. The van der Waals surface area contributed by atoms with Crippen LogP contribution in [0.4, 0.5) is 0 Å².